The number of likely N-dealkylation sites (tertiary alicyclic amines) is 1. The summed E-state index contributed by atoms with van der Waals surface area (Å²) in [5.41, 5.74) is 0.753. The lowest BCUT2D eigenvalue weighted by atomic mass is 10.3. The summed E-state index contributed by atoms with van der Waals surface area (Å²) >= 11 is 8.58. The lowest BCUT2D eigenvalue weighted by Gasteiger charge is -2.14. The normalized spacial score (nSPS) is 14.6. The molecule has 150 valence electrons. The Balaban J connectivity index is 1.73. The van der Waals surface area contributed by atoms with Crippen molar-refractivity contribution in [3.63, 3.8) is 0 Å². The topological polar surface area (TPSA) is 81.0 Å². The van der Waals surface area contributed by atoms with Gasteiger partial charge in [0.2, 0.25) is 5.91 Å². The van der Waals surface area contributed by atoms with Crippen LogP contribution in [0, 0.1) is 0 Å². The zero-order chi connectivity index (χ0) is 20.1. The van der Waals surface area contributed by atoms with Crippen molar-refractivity contribution in [1.82, 2.24) is 9.47 Å². The van der Waals surface area contributed by atoms with Gasteiger partial charge in [0.15, 0.2) is 4.80 Å². The van der Waals surface area contributed by atoms with E-state index in [-0.39, 0.29) is 29.9 Å². The van der Waals surface area contributed by atoms with Crippen molar-refractivity contribution in [2.24, 2.45) is 4.99 Å². The second-order valence-corrected chi connectivity index (χ2v) is 8.68. The number of esters is 1. The summed E-state index contributed by atoms with van der Waals surface area (Å²) in [6, 6.07) is 5.27. The Labute approximate surface area is 175 Å². The van der Waals surface area contributed by atoms with Crippen LogP contribution < -0.4 is 4.80 Å². The summed E-state index contributed by atoms with van der Waals surface area (Å²) in [7, 11) is 1.31. The molecule has 2 heterocycles. The highest BCUT2D eigenvalue weighted by atomic mass is 35.5. The molecule has 0 aliphatic carbocycles. The molecule has 1 aromatic carbocycles. The summed E-state index contributed by atoms with van der Waals surface area (Å²) in [5, 5.41) is 0.563. The van der Waals surface area contributed by atoms with Gasteiger partial charge in [0.25, 0.3) is 5.91 Å². The molecule has 0 saturated carbocycles. The summed E-state index contributed by atoms with van der Waals surface area (Å²) in [6.45, 7) is 1.55. The maximum absolute atomic E-state index is 12.3. The number of carbonyl (C=O) groups excluding carboxylic acids is 3. The average molecular weight is 442 g/mol. The third-order valence-electron chi connectivity index (χ3n) is 4.29. The molecule has 2 amide bonds. The number of carbonyl (C=O) groups is 3. The molecule has 3 rings (SSSR count). The highest BCUT2D eigenvalue weighted by Gasteiger charge is 2.18. The Morgan fingerprint density at radius 3 is 2.71 bits per heavy atom. The van der Waals surface area contributed by atoms with Crippen molar-refractivity contribution in [1.29, 1.82) is 0 Å². The second-order valence-electron chi connectivity index (χ2n) is 6.25. The average Bonchev–Trinajstić information content (AvgIpc) is 3.30. The Morgan fingerprint density at radius 2 is 2.00 bits per heavy atom. The van der Waals surface area contributed by atoms with E-state index in [1.807, 2.05) is 4.90 Å². The van der Waals surface area contributed by atoms with Gasteiger partial charge in [-0.15, -0.1) is 11.8 Å². The standard InChI is InChI=1S/C18H20ClN3O4S2/c1-26-17(25)9-22-13-5-4-12(19)8-14(13)28-18(22)20-15(23)10-27-11-16(24)21-6-2-3-7-21/h4-5,8H,2-3,6-7,9-11H2,1H3. The van der Waals surface area contributed by atoms with Crippen LogP contribution in [0.5, 0.6) is 0 Å². The van der Waals surface area contributed by atoms with Crippen molar-refractivity contribution < 1.29 is 19.1 Å². The number of nitrogens with zero attached hydrogens (tertiary/aromatic N) is 3. The maximum atomic E-state index is 12.3. The van der Waals surface area contributed by atoms with Crippen molar-refractivity contribution in [2.75, 3.05) is 31.7 Å². The molecule has 1 aromatic heterocycles. The first-order valence-electron chi connectivity index (χ1n) is 8.76. The van der Waals surface area contributed by atoms with E-state index < -0.39 is 5.97 Å². The van der Waals surface area contributed by atoms with Crippen molar-refractivity contribution in [2.45, 2.75) is 19.4 Å². The number of thioether (sulfide) groups is 1. The number of thiazole rings is 1. The van der Waals surface area contributed by atoms with E-state index in [0.29, 0.717) is 9.82 Å². The third-order valence-corrected chi connectivity index (χ3v) is 6.47. The van der Waals surface area contributed by atoms with Gasteiger partial charge >= 0.3 is 5.97 Å². The Kier molecular flexibility index (Phi) is 7.14. The molecular weight excluding hydrogens is 422 g/mol. The Morgan fingerprint density at radius 1 is 1.25 bits per heavy atom. The Bertz CT molecular complexity index is 963. The molecule has 0 radical (unpaired) electrons. The molecule has 2 aromatic rings. The quantitative estimate of drug-likeness (QED) is 0.642. The largest absolute Gasteiger partial charge is 0.468 e. The minimum Gasteiger partial charge on any atom is -0.468 e. The number of amides is 2. The first kappa shape index (κ1) is 20.9. The van der Waals surface area contributed by atoms with Gasteiger partial charge in [0, 0.05) is 18.1 Å². The van der Waals surface area contributed by atoms with Crippen LogP contribution in [0.2, 0.25) is 5.02 Å². The number of methoxy groups -OCH3 is 1. The lowest BCUT2D eigenvalue weighted by Crippen LogP contribution is -2.29. The molecule has 0 N–H and O–H groups in total. The predicted molar refractivity (Wildman–Crippen MR) is 111 cm³/mol. The fourth-order valence-electron chi connectivity index (χ4n) is 2.90. The molecule has 1 saturated heterocycles. The fraction of sp³-hybridized carbons (Fsp3) is 0.444. The smallest absolute Gasteiger partial charge is 0.325 e. The molecule has 0 atom stereocenters. The monoisotopic (exact) mass is 441 g/mol. The van der Waals surface area contributed by atoms with E-state index in [1.54, 1.807) is 22.8 Å². The van der Waals surface area contributed by atoms with Gasteiger partial charge in [-0.05, 0) is 31.0 Å². The van der Waals surface area contributed by atoms with Gasteiger partial charge in [-0.1, -0.05) is 22.9 Å². The minimum atomic E-state index is -0.436. The highest BCUT2D eigenvalue weighted by Crippen LogP contribution is 2.22. The number of hydrogen-bond donors (Lipinski definition) is 0. The first-order valence-corrected chi connectivity index (χ1v) is 11.1. The van der Waals surface area contributed by atoms with Gasteiger partial charge in [0.1, 0.15) is 6.54 Å². The number of halogens is 1. The fourth-order valence-corrected chi connectivity index (χ4v) is 4.92. The third kappa shape index (κ3) is 5.15. The first-order chi connectivity index (χ1) is 13.5. The van der Waals surface area contributed by atoms with E-state index in [1.165, 1.54) is 30.2 Å². The number of ether oxygens (including phenoxy) is 1. The van der Waals surface area contributed by atoms with E-state index >= 15 is 0 Å². The molecular formula is C18H20ClN3O4S2. The second kappa shape index (κ2) is 9.58. The molecule has 0 spiro atoms. The van der Waals surface area contributed by atoms with Crippen molar-refractivity contribution in [3.05, 3.63) is 28.0 Å². The van der Waals surface area contributed by atoms with Crippen LogP contribution in [0.3, 0.4) is 0 Å². The van der Waals surface area contributed by atoms with Gasteiger partial charge in [-0.25, -0.2) is 0 Å². The molecule has 10 heteroatoms. The molecule has 28 heavy (non-hydrogen) atoms. The molecule has 0 bridgehead atoms. The summed E-state index contributed by atoms with van der Waals surface area (Å²) in [6.07, 6.45) is 2.08. The highest BCUT2D eigenvalue weighted by molar-refractivity contribution is 8.00. The molecule has 1 aliphatic rings. The molecule has 1 fully saturated rings. The van der Waals surface area contributed by atoms with Gasteiger partial charge in [-0.3, -0.25) is 14.4 Å². The minimum absolute atomic E-state index is 0.0508. The predicted octanol–water partition coefficient (Wildman–Crippen LogP) is 2.31. The molecule has 0 unspecified atom stereocenters. The number of fused-ring (bicyclic) bond motifs is 1. The zero-order valence-electron chi connectivity index (χ0n) is 15.4. The lowest BCUT2D eigenvalue weighted by molar-refractivity contribution is -0.141. The van der Waals surface area contributed by atoms with Gasteiger partial charge < -0.3 is 14.2 Å². The van der Waals surface area contributed by atoms with Crippen LogP contribution in [0.1, 0.15) is 12.8 Å². The van der Waals surface area contributed by atoms with Crippen LogP contribution in [0.15, 0.2) is 23.2 Å². The summed E-state index contributed by atoms with van der Waals surface area (Å²) < 4.78 is 7.20. The number of aromatic nitrogens is 1. The van der Waals surface area contributed by atoms with Crippen LogP contribution in [-0.2, 0) is 25.7 Å². The van der Waals surface area contributed by atoms with Crippen LogP contribution in [0.25, 0.3) is 10.2 Å². The SMILES string of the molecule is COC(=O)Cn1c(=NC(=O)CSCC(=O)N2CCCC2)sc2cc(Cl)ccc21. The molecule has 7 nitrogen and oxygen atoms in total. The summed E-state index contributed by atoms with van der Waals surface area (Å²) in [5.74, 6) is -0.352. The number of benzene rings is 1. The molecule has 1 aliphatic heterocycles. The summed E-state index contributed by atoms with van der Waals surface area (Å²) in [4.78, 5) is 42.5. The van der Waals surface area contributed by atoms with E-state index in [4.69, 9.17) is 16.3 Å². The van der Waals surface area contributed by atoms with Gasteiger partial charge in [0.05, 0.1) is 28.8 Å². The van der Waals surface area contributed by atoms with E-state index in [2.05, 4.69) is 4.99 Å². The zero-order valence-corrected chi connectivity index (χ0v) is 17.7. The van der Waals surface area contributed by atoms with Crippen LogP contribution in [-0.4, -0.2) is 59.0 Å². The van der Waals surface area contributed by atoms with Gasteiger partial charge in [-0.2, -0.15) is 4.99 Å². The van der Waals surface area contributed by atoms with Crippen LogP contribution >= 0.6 is 34.7 Å². The van der Waals surface area contributed by atoms with Crippen molar-refractivity contribution >= 4 is 62.7 Å². The van der Waals surface area contributed by atoms with E-state index in [9.17, 15) is 14.4 Å². The number of rotatable bonds is 6. The number of hydrogen-bond acceptors (Lipinski definition) is 6. The Hall–Kier alpha value is -1.84. The maximum Gasteiger partial charge on any atom is 0.325 e. The van der Waals surface area contributed by atoms with E-state index in [0.717, 1.165) is 36.1 Å². The van der Waals surface area contributed by atoms with Crippen molar-refractivity contribution in [3.8, 4) is 0 Å². The van der Waals surface area contributed by atoms with Crippen LogP contribution in [0.4, 0.5) is 0 Å².